The highest BCUT2D eigenvalue weighted by Crippen LogP contribution is 2.22. The maximum atomic E-state index is 12.0. The number of carbonyl (C=O) groups excluding carboxylic acids is 1. The first-order valence-electron chi connectivity index (χ1n) is 5.25. The van der Waals surface area contributed by atoms with E-state index < -0.39 is 16.0 Å². The summed E-state index contributed by atoms with van der Waals surface area (Å²) in [7, 11) is -0.732. The molecule has 1 aromatic rings. The monoisotopic (exact) mass is 328 g/mol. The van der Waals surface area contributed by atoms with Crippen molar-refractivity contribution in [3.05, 3.63) is 16.3 Å². The summed E-state index contributed by atoms with van der Waals surface area (Å²) in [6.45, 7) is 2.09. The molecule has 0 aromatic carbocycles. The molecule has 1 aromatic heterocycles. The van der Waals surface area contributed by atoms with E-state index in [1.165, 1.54) is 13.2 Å². The molecule has 0 saturated heterocycles. The molecule has 9 heteroatoms. The number of rotatable bonds is 6. The van der Waals surface area contributed by atoms with Crippen LogP contribution in [0.3, 0.4) is 0 Å². The predicted molar refractivity (Wildman–Crippen MR) is 76.6 cm³/mol. The van der Waals surface area contributed by atoms with Crippen LogP contribution >= 0.6 is 23.7 Å². The molecule has 0 aliphatic carbocycles. The summed E-state index contributed by atoms with van der Waals surface area (Å²) in [4.78, 5) is 11.5. The summed E-state index contributed by atoms with van der Waals surface area (Å²) in [6, 6.07) is 1.39. The lowest BCUT2D eigenvalue weighted by Crippen LogP contribution is -2.37. The second kappa shape index (κ2) is 7.81. The van der Waals surface area contributed by atoms with Crippen LogP contribution in [0.1, 0.15) is 16.6 Å². The van der Waals surface area contributed by atoms with Crippen LogP contribution in [0.15, 0.2) is 16.3 Å². The largest absolute Gasteiger partial charge is 0.465 e. The van der Waals surface area contributed by atoms with Gasteiger partial charge in [0.05, 0.1) is 7.11 Å². The number of sulfonamides is 1. The first kappa shape index (κ1) is 18.3. The minimum atomic E-state index is -3.69. The molecular weight excluding hydrogens is 312 g/mol. The summed E-state index contributed by atoms with van der Waals surface area (Å²) >= 11 is 1.04. The number of methoxy groups -OCH3 is 1. The Balaban J connectivity index is 0.00000324. The average Bonchev–Trinajstić information content (AvgIpc) is 2.85. The smallest absolute Gasteiger partial charge is 0.349 e. The van der Waals surface area contributed by atoms with Crippen LogP contribution in [0.2, 0.25) is 0 Å². The van der Waals surface area contributed by atoms with Crippen molar-refractivity contribution in [2.45, 2.75) is 17.9 Å². The number of nitrogens with one attached hydrogen (secondary N) is 2. The van der Waals surface area contributed by atoms with E-state index in [0.717, 1.165) is 11.3 Å². The topological polar surface area (TPSA) is 84.5 Å². The van der Waals surface area contributed by atoms with Crippen LogP contribution in [0, 0.1) is 0 Å². The van der Waals surface area contributed by atoms with E-state index in [4.69, 9.17) is 0 Å². The normalized spacial score (nSPS) is 12.6. The summed E-state index contributed by atoms with van der Waals surface area (Å²) in [5.41, 5.74) is 0. The molecule has 1 unspecified atom stereocenters. The van der Waals surface area contributed by atoms with E-state index in [0.29, 0.717) is 0 Å². The zero-order valence-corrected chi connectivity index (χ0v) is 13.2. The van der Waals surface area contributed by atoms with Gasteiger partial charge in [-0.3, -0.25) is 0 Å². The van der Waals surface area contributed by atoms with Gasteiger partial charge in [0.15, 0.2) is 0 Å². The third-order valence-corrected chi connectivity index (χ3v) is 4.85. The molecular formula is C10H17ClN2O4S2. The molecule has 0 amide bonds. The summed E-state index contributed by atoms with van der Waals surface area (Å²) in [6.07, 6.45) is 0. The molecule has 0 fully saturated rings. The molecule has 0 aliphatic rings. The number of thiophene rings is 1. The van der Waals surface area contributed by atoms with Gasteiger partial charge in [-0.15, -0.1) is 23.7 Å². The van der Waals surface area contributed by atoms with Crippen LogP contribution < -0.4 is 10.0 Å². The Morgan fingerprint density at radius 3 is 2.68 bits per heavy atom. The predicted octanol–water partition coefficient (Wildman–Crippen LogP) is 0.843. The Labute approximate surface area is 123 Å². The number of hydrogen-bond acceptors (Lipinski definition) is 6. The van der Waals surface area contributed by atoms with Gasteiger partial charge in [0.1, 0.15) is 9.77 Å². The number of hydrogen-bond donors (Lipinski definition) is 2. The number of ether oxygens (including phenoxy) is 1. The first-order valence-corrected chi connectivity index (χ1v) is 7.61. The van der Waals surface area contributed by atoms with Crippen molar-refractivity contribution in [2.75, 3.05) is 20.7 Å². The molecule has 2 N–H and O–H groups in total. The van der Waals surface area contributed by atoms with Crippen LogP contribution in [0.4, 0.5) is 0 Å². The van der Waals surface area contributed by atoms with Crippen molar-refractivity contribution in [3.8, 4) is 0 Å². The molecule has 1 atom stereocenters. The molecule has 110 valence electrons. The highest BCUT2D eigenvalue weighted by Gasteiger charge is 2.24. The number of esters is 1. The zero-order valence-electron chi connectivity index (χ0n) is 10.8. The van der Waals surface area contributed by atoms with Crippen LogP contribution in [-0.2, 0) is 14.8 Å². The van der Waals surface area contributed by atoms with Crippen molar-refractivity contribution < 1.29 is 17.9 Å². The lowest BCUT2D eigenvalue weighted by Gasteiger charge is -2.11. The molecule has 0 radical (unpaired) electrons. The van der Waals surface area contributed by atoms with Gasteiger partial charge in [-0.2, -0.15) is 0 Å². The van der Waals surface area contributed by atoms with Crippen molar-refractivity contribution >= 4 is 39.7 Å². The van der Waals surface area contributed by atoms with Gasteiger partial charge < -0.3 is 10.1 Å². The Morgan fingerprint density at radius 1 is 1.53 bits per heavy atom. The minimum absolute atomic E-state index is 0. The summed E-state index contributed by atoms with van der Waals surface area (Å²) < 4.78 is 31.0. The fourth-order valence-electron chi connectivity index (χ4n) is 1.17. The Hall–Kier alpha value is -0.670. The van der Waals surface area contributed by atoms with Gasteiger partial charge in [-0.05, 0) is 25.4 Å². The van der Waals surface area contributed by atoms with Crippen molar-refractivity contribution in [1.29, 1.82) is 0 Å². The molecule has 0 bridgehead atoms. The van der Waals surface area contributed by atoms with E-state index in [9.17, 15) is 13.2 Å². The highest BCUT2D eigenvalue weighted by molar-refractivity contribution is 7.89. The molecule has 6 nitrogen and oxygen atoms in total. The third kappa shape index (κ3) is 4.73. The van der Waals surface area contributed by atoms with E-state index in [1.807, 2.05) is 6.92 Å². The number of halogens is 1. The zero-order chi connectivity index (χ0) is 13.8. The molecule has 1 rings (SSSR count). The summed E-state index contributed by atoms with van der Waals surface area (Å²) in [5, 5.41) is 4.46. The number of likely N-dealkylation sites (N-methyl/N-ethyl adjacent to an activating group) is 1. The third-order valence-electron chi connectivity index (χ3n) is 2.36. The minimum Gasteiger partial charge on any atom is -0.465 e. The standard InChI is InChI=1S/C10H16N2O4S2.ClH/c1-7(11-2)6-12-18(14,15)8-4-5-17-9(8)10(13)16-3;/h4-5,7,11-12H,6H2,1-3H3;1H. The lowest BCUT2D eigenvalue weighted by atomic mass is 10.4. The van der Waals surface area contributed by atoms with Gasteiger partial charge in [-0.25, -0.2) is 17.9 Å². The van der Waals surface area contributed by atoms with E-state index in [2.05, 4.69) is 14.8 Å². The SMILES string of the molecule is CNC(C)CNS(=O)(=O)c1ccsc1C(=O)OC.Cl. The molecule has 0 saturated carbocycles. The van der Waals surface area contributed by atoms with Gasteiger partial charge >= 0.3 is 5.97 Å². The summed E-state index contributed by atoms with van der Waals surface area (Å²) in [5.74, 6) is -0.646. The van der Waals surface area contributed by atoms with Crippen LogP contribution in [-0.4, -0.2) is 41.1 Å². The quantitative estimate of drug-likeness (QED) is 0.756. The second-order valence-electron chi connectivity index (χ2n) is 3.65. The maximum absolute atomic E-state index is 12.0. The van der Waals surface area contributed by atoms with Gasteiger partial charge in [-0.1, -0.05) is 0 Å². The van der Waals surface area contributed by atoms with Crippen molar-refractivity contribution in [1.82, 2.24) is 10.0 Å². The van der Waals surface area contributed by atoms with Crippen LogP contribution in [0.25, 0.3) is 0 Å². The van der Waals surface area contributed by atoms with Gasteiger partial charge in [0.25, 0.3) is 0 Å². The van der Waals surface area contributed by atoms with Crippen molar-refractivity contribution in [3.63, 3.8) is 0 Å². The maximum Gasteiger partial charge on any atom is 0.349 e. The Kier molecular flexibility index (Phi) is 7.53. The number of carbonyl (C=O) groups is 1. The van der Waals surface area contributed by atoms with Crippen molar-refractivity contribution in [2.24, 2.45) is 0 Å². The molecule has 19 heavy (non-hydrogen) atoms. The van der Waals surface area contributed by atoms with E-state index in [-0.39, 0.29) is 34.8 Å². The van der Waals surface area contributed by atoms with Gasteiger partial charge in [0, 0.05) is 12.6 Å². The van der Waals surface area contributed by atoms with Crippen LogP contribution in [0.5, 0.6) is 0 Å². The fourth-order valence-corrected chi connectivity index (χ4v) is 3.63. The van der Waals surface area contributed by atoms with Gasteiger partial charge in [0.2, 0.25) is 10.0 Å². The van der Waals surface area contributed by atoms with E-state index in [1.54, 1.807) is 12.4 Å². The molecule has 0 aliphatic heterocycles. The first-order chi connectivity index (χ1) is 8.42. The molecule has 0 spiro atoms. The second-order valence-corrected chi connectivity index (χ2v) is 6.30. The average molecular weight is 329 g/mol. The Morgan fingerprint density at radius 2 is 2.16 bits per heavy atom. The Bertz CT molecular complexity index is 515. The van der Waals surface area contributed by atoms with E-state index >= 15 is 0 Å². The fraction of sp³-hybridized carbons (Fsp3) is 0.500. The lowest BCUT2D eigenvalue weighted by molar-refractivity contribution is 0.0602. The molecule has 1 heterocycles. The highest BCUT2D eigenvalue weighted by atomic mass is 35.5.